The second-order valence-corrected chi connectivity index (χ2v) is 5.79. The van der Waals surface area contributed by atoms with Crippen LogP contribution in [0.1, 0.15) is 34.3 Å². The number of aryl methyl sites for hydroxylation is 1. The van der Waals surface area contributed by atoms with E-state index in [-0.39, 0.29) is 18.4 Å². The molecule has 0 fully saturated rings. The van der Waals surface area contributed by atoms with Crippen molar-refractivity contribution >= 4 is 11.8 Å². The molecule has 0 saturated carbocycles. The van der Waals surface area contributed by atoms with Crippen LogP contribution < -0.4 is 10.6 Å². The smallest absolute Gasteiger partial charge is 0.251 e. The zero-order valence-electron chi connectivity index (χ0n) is 14.2. The van der Waals surface area contributed by atoms with Gasteiger partial charge in [0.1, 0.15) is 0 Å². The van der Waals surface area contributed by atoms with Gasteiger partial charge in [-0.2, -0.15) is 0 Å². The number of hydrogen-bond donors (Lipinski definition) is 3. The van der Waals surface area contributed by atoms with E-state index < -0.39 is 0 Å². The van der Waals surface area contributed by atoms with E-state index in [1.807, 2.05) is 42.5 Å². The molecule has 2 amide bonds. The summed E-state index contributed by atoms with van der Waals surface area (Å²) in [5, 5.41) is 14.3. The van der Waals surface area contributed by atoms with Crippen molar-refractivity contribution in [1.29, 1.82) is 0 Å². The number of hydrogen-bond acceptors (Lipinski definition) is 3. The van der Waals surface area contributed by atoms with E-state index in [1.54, 1.807) is 12.1 Å². The SMILES string of the molecule is O=C(CCc1ccccc1)NCc1ccc(C(=O)NCCCO)cc1. The molecule has 25 heavy (non-hydrogen) atoms. The van der Waals surface area contributed by atoms with E-state index >= 15 is 0 Å². The molecule has 0 aromatic heterocycles. The van der Waals surface area contributed by atoms with E-state index in [0.29, 0.717) is 31.5 Å². The van der Waals surface area contributed by atoms with Crippen molar-refractivity contribution in [1.82, 2.24) is 10.6 Å². The van der Waals surface area contributed by atoms with Crippen molar-refractivity contribution in [2.75, 3.05) is 13.2 Å². The molecule has 0 aliphatic rings. The quantitative estimate of drug-likeness (QED) is 0.611. The Bertz CT molecular complexity index is 669. The van der Waals surface area contributed by atoms with E-state index in [9.17, 15) is 9.59 Å². The summed E-state index contributed by atoms with van der Waals surface area (Å²) >= 11 is 0. The Morgan fingerprint density at radius 3 is 2.28 bits per heavy atom. The first-order valence-corrected chi connectivity index (χ1v) is 8.47. The Morgan fingerprint density at radius 2 is 1.60 bits per heavy atom. The Balaban J connectivity index is 1.73. The lowest BCUT2D eigenvalue weighted by molar-refractivity contribution is -0.121. The van der Waals surface area contributed by atoms with Gasteiger partial charge in [-0.15, -0.1) is 0 Å². The van der Waals surface area contributed by atoms with Gasteiger partial charge in [-0.3, -0.25) is 9.59 Å². The van der Waals surface area contributed by atoms with Gasteiger partial charge in [0.05, 0.1) is 0 Å². The van der Waals surface area contributed by atoms with Crippen LogP contribution in [-0.4, -0.2) is 30.1 Å². The number of amides is 2. The molecule has 0 atom stereocenters. The summed E-state index contributed by atoms with van der Waals surface area (Å²) in [5.41, 5.74) is 2.66. The lowest BCUT2D eigenvalue weighted by Gasteiger charge is -2.07. The second kappa shape index (κ2) is 10.3. The zero-order chi connectivity index (χ0) is 17.9. The maximum Gasteiger partial charge on any atom is 0.251 e. The third-order valence-corrected chi connectivity index (χ3v) is 3.81. The minimum atomic E-state index is -0.160. The average molecular weight is 340 g/mol. The highest BCUT2D eigenvalue weighted by atomic mass is 16.3. The van der Waals surface area contributed by atoms with Crippen molar-refractivity contribution in [2.45, 2.75) is 25.8 Å². The van der Waals surface area contributed by atoms with Crippen LogP contribution in [0.4, 0.5) is 0 Å². The summed E-state index contributed by atoms with van der Waals surface area (Å²) in [6.07, 6.45) is 1.72. The van der Waals surface area contributed by atoms with Gasteiger partial charge in [-0.1, -0.05) is 42.5 Å². The van der Waals surface area contributed by atoms with Gasteiger partial charge in [0.15, 0.2) is 0 Å². The molecule has 0 aliphatic carbocycles. The normalized spacial score (nSPS) is 10.3. The Labute approximate surface area is 148 Å². The molecule has 0 bridgehead atoms. The van der Waals surface area contributed by atoms with Gasteiger partial charge in [0.25, 0.3) is 5.91 Å². The molecule has 132 valence electrons. The van der Waals surface area contributed by atoms with Crippen molar-refractivity contribution in [3.8, 4) is 0 Å². The molecular formula is C20H24N2O3. The van der Waals surface area contributed by atoms with Crippen molar-refractivity contribution in [3.63, 3.8) is 0 Å². The van der Waals surface area contributed by atoms with E-state index in [0.717, 1.165) is 17.5 Å². The summed E-state index contributed by atoms with van der Waals surface area (Å²) in [6, 6.07) is 17.1. The van der Waals surface area contributed by atoms with Crippen LogP contribution in [0.3, 0.4) is 0 Å². The van der Waals surface area contributed by atoms with Crippen LogP contribution in [0.15, 0.2) is 54.6 Å². The second-order valence-electron chi connectivity index (χ2n) is 5.79. The topological polar surface area (TPSA) is 78.4 Å². The fraction of sp³-hybridized carbons (Fsp3) is 0.300. The third-order valence-electron chi connectivity index (χ3n) is 3.81. The Kier molecular flexibility index (Phi) is 7.66. The highest BCUT2D eigenvalue weighted by Gasteiger charge is 2.06. The van der Waals surface area contributed by atoms with Gasteiger partial charge in [0, 0.05) is 31.7 Å². The standard InChI is InChI=1S/C20H24N2O3/c23-14-4-13-21-20(25)18-10-7-17(8-11-18)15-22-19(24)12-9-16-5-2-1-3-6-16/h1-3,5-8,10-11,23H,4,9,12-15H2,(H,21,25)(H,22,24). The van der Waals surface area contributed by atoms with Gasteiger partial charge >= 0.3 is 0 Å². The fourth-order valence-electron chi connectivity index (χ4n) is 2.35. The van der Waals surface area contributed by atoms with Gasteiger partial charge < -0.3 is 15.7 Å². The molecule has 2 rings (SSSR count). The lowest BCUT2D eigenvalue weighted by atomic mass is 10.1. The molecule has 2 aromatic carbocycles. The number of carbonyl (C=O) groups is 2. The van der Waals surface area contributed by atoms with E-state index in [1.165, 1.54) is 0 Å². The largest absolute Gasteiger partial charge is 0.396 e. The number of aliphatic hydroxyl groups is 1. The predicted octanol–water partition coefficient (Wildman–Crippen LogP) is 2.05. The highest BCUT2D eigenvalue weighted by molar-refractivity contribution is 5.94. The maximum atomic E-state index is 11.9. The molecule has 0 saturated heterocycles. The fourth-order valence-corrected chi connectivity index (χ4v) is 2.35. The van der Waals surface area contributed by atoms with Gasteiger partial charge in [-0.05, 0) is 36.1 Å². The summed E-state index contributed by atoms with van der Waals surface area (Å²) in [5.74, 6) is -0.151. The number of aliphatic hydroxyl groups excluding tert-OH is 1. The molecule has 5 nitrogen and oxygen atoms in total. The van der Waals surface area contributed by atoms with Crippen LogP contribution in [-0.2, 0) is 17.8 Å². The molecule has 0 unspecified atom stereocenters. The first-order chi connectivity index (χ1) is 12.2. The molecule has 0 aliphatic heterocycles. The van der Waals surface area contributed by atoms with Crippen molar-refractivity contribution < 1.29 is 14.7 Å². The molecule has 5 heteroatoms. The van der Waals surface area contributed by atoms with Crippen molar-refractivity contribution in [2.24, 2.45) is 0 Å². The molecule has 0 spiro atoms. The minimum absolute atomic E-state index is 0.00896. The highest BCUT2D eigenvalue weighted by Crippen LogP contribution is 2.06. The Morgan fingerprint density at radius 1 is 0.880 bits per heavy atom. The number of rotatable bonds is 9. The summed E-state index contributed by atoms with van der Waals surface area (Å²) < 4.78 is 0. The number of benzene rings is 2. The van der Waals surface area contributed by atoms with Gasteiger partial charge in [-0.25, -0.2) is 0 Å². The van der Waals surface area contributed by atoms with Crippen LogP contribution in [0.2, 0.25) is 0 Å². The van der Waals surface area contributed by atoms with Crippen LogP contribution in [0.5, 0.6) is 0 Å². The van der Waals surface area contributed by atoms with Crippen LogP contribution in [0, 0.1) is 0 Å². The maximum absolute atomic E-state index is 11.9. The molecule has 3 N–H and O–H groups in total. The van der Waals surface area contributed by atoms with Crippen LogP contribution in [0.25, 0.3) is 0 Å². The predicted molar refractivity (Wildman–Crippen MR) is 97.1 cm³/mol. The van der Waals surface area contributed by atoms with E-state index in [2.05, 4.69) is 10.6 Å². The molecular weight excluding hydrogens is 316 g/mol. The average Bonchev–Trinajstić information content (AvgIpc) is 2.66. The summed E-state index contributed by atoms with van der Waals surface area (Å²) in [7, 11) is 0. The zero-order valence-corrected chi connectivity index (χ0v) is 14.2. The van der Waals surface area contributed by atoms with Crippen molar-refractivity contribution in [3.05, 3.63) is 71.3 Å². The summed E-state index contributed by atoms with van der Waals surface area (Å²) in [6.45, 7) is 0.956. The third kappa shape index (κ3) is 6.77. The van der Waals surface area contributed by atoms with Gasteiger partial charge in [0.2, 0.25) is 5.91 Å². The molecule has 2 aromatic rings. The molecule has 0 radical (unpaired) electrons. The molecule has 0 heterocycles. The first-order valence-electron chi connectivity index (χ1n) is 8.47. The monoisotopic (exact) mass is 340 g/mol. The minimum Gasteiger partial charge on any atom is -0.396 e. The number of nitrogens with one attached hydrogen (secondary N) is 2. The Hall–Kier alpha value is -2.66. The van der Waals surface area contributed by atoms with Crippen LogP contribution >= 0.6 is 0 Å². The number of carbonyl (C=O) groups excluding carboxylic acids is 2. The first kappa shape index (κ1) is 18.7. The summed E-state index contributed by atoms with van der Waals surface area (Å²) in [4.78, 5) is 23.8. The van der Waals surface area contributed by atoms with E-state index in [4.69, 9.17) is 5.11 Å². The lowest BCUT2D eigenvalue weighted by Crippen LogP contribution is -2.25.